The lowest BCUT2D eigenvalue weighted by molar-refractivity contribution is 0.543. The van der Waals surface area contributed by atoms with Gasteiger partial charge in [0, 0.05) is 31.1 Å². The van der Waals surface area contributed by atoms with Gasteiger partial charge < -0.3 is 10.2 Å². The molecule has 0 radical (unpaired) electrons. The van der Waals surface area contributed by atoms with Gasteiger partial charge in [0.1, 0.15) is 17.5 Å². The van der Waals surface area contributed by atoms with Crippen LogP contribution in [0, 0.1) is 17.2 Å². The number of hydrogen-bond acceptors (Lipinski definition) is 5. The molecule has 0 aliphatic rings. The van der Waals surface area contributed by atoms with Crippen LogP contribution in [-0.4, -0.2) is 29.6 Å². The van der Waals surface area contributed by atoms with E-state index in [1.165, 1.54) is 0 Å². The number of anilines is 2. The summed E-state index contributed by atoms with van der Waals surface area (Å²) in [6.07, 6.45) is 0. The minimum absolute atomic E-state index is 0.0272. The molecular weight excluding hydrogens is 262 g/mol. The van der Waals surface area contributed by atoms with E-state index in [1.807, 2.05) is 19.9 Å². The van der Waals surface area contributed by atoms with Crippen LogP contribution in [0.15, 0.2) is 6.07 Å². The number of hydrogen-bond donors (Lipinski definition) is 1. The van der Waals surface area contributed by atoms with Gasteiger partial charge in [0.15, 0.2) is 0 Å². The molecule has 0 aliphatic carbocycles. The van der Waals surface area contributed by atoms with Crippen molar-refractivity contribution in [3.05, 3.63) is 11.9 Å². The zero-order valence-corrected chi connectivity index (χ0v) is 14.1. The van der Waals surface area contributed by atoms with E-state index in [-0.39, 0.29) is 11.3 Å². The molecule has 0 saturated heterocycles. The zero-order chi connectivity index (χ0) is 16.0. The Balaban J connectivity index is 3.20. The summed E-state index contributed by atoms with van der Waals surface area (Å²) in [4.78, 5) is 11.4. The van der Waals surface area contributed by atoms with Crippen LogP contribution in [0.4, 0.5) is 11.6 Å². The Morgan fingerprint density at radius 3 is 2.48 bits per heavy atom. The van der Waals surface area contributed by atoms with Gasteiger partial charge in [0.05, 0.1) is 12.0 Å². The van der Waals surface area contributed by atoms with Gasteiger partial charge in [0.25, 0.3) is 0 Å². The molecule has 1 atom stereocenters. The molecule has 1 N–H and O–H groups in total. The van der Waals surface area contributed by atoms with Crippen molar-refractivity contribution < 1.29 is 0 Å². The van der Waals surface area contributed by atoms with Gasteiger partial charge in [-0.25, -0.2) is 9.97 Å². The molecule has 0 aliphatic heterocycles. The van der Waals surface area contributed by atoms with Gasteiger partial charge in [-0.3, -0.25) is 0 Å². The number of rotatable bonds is 6. The third kappa shape index (κ3) is 4.89. The fourth-order valence-electron chi connectivity index (χ4n) is 1.96. The van der Waals surface area contributed by atoms with Gasteiger partial charge in [-0.05, 0) is 20.8 Å². The Morgan fingerprint density at radius 1 is 1.33 bits per heavy atom. The van der Waals surface area contributed by atoms with Crippen molar-refractivity contribution in [3.63, 3.8) is 0 Å². The summed E-state index contributed by atoms with van der Waals surface area (Å²) in [6.45, 7) is 14.7. The fraction of sp³-hybridized carbons (Fsp3) is 0.688. The zero-order valence-electron chi connectivity index (χ0n) is 14.1. The van der Waals surface area contributed by atoms with Crippen LogP contribution in [0.3, 0.4) is 0 Å². The first-order valence-corrected chi connectivity index (χ1v) is 7.59. The van der Waals surface area contributed by atoms with Crippen LogP contribution in [-0.2, 0) is 5.41 Å². The van der Waals surface area contributed by atoms with Crippen LogP contribution in [0.2, 0.25) is 0 Å². The van der Waals surface area contributed by atoms with Crippen molar-refractivity contribution in [2.24, 2.45) is 5.92 Å². The molecule has 0 saturated carbocycles. The van der Waals surface area contributed by atoms with Gasteiger partial charge >= 0.3 is 0 Å². The first-order valence-electron chi connectivity index (χ1n) is 7.59. The Labute approximate surface area is 128 Å². The molecule has 1 rings (SSSR count). The summed E-state index contributed by atoms with van der Waals surface area (Å²) in [7, 11) is 0. The second-order valence-electron chi connectivity index (χ2n) is 6.28. The number of nitrogens with one attached hydrogen (secondary N) is 1. The maximum Gasteiger partial charge on any atom is 0.138 e. The van der Waals surface area contributed by atoms with Crippen molar-refractivity contribution in [2.45, 2.75) is 47.0 Å². The van der Waals surface area contributed by atoms with E-state index < -0.39 is 0 Å². The molecule has 0 spiro atoms. The van der Waals surface area contributed by atoms with Crippen LogP contribution in [0.5, 0.6) is 0 Å². The Hall–Kier alpha value is -1.83. The first kappa shape index (κ1) is 17.2. The molecule has 1 aromatic heterocycles. The van der Waals surface area contributed by atoms with Crippen molar-refractivity contribution in [1.29, 1.82) is 5.26 Å². The molecule has 0 aromatic carbocycles. The number of nitrogens with zero attached hydrogens (tertiary/aromatic N) is 4. The van der Waals surface area contributed by atoms with E-state index in [9.17, 15) is 0 Å². The van der Waals surface area contributed by atoms with E-state index >= 15 is 0 Å². The van der Waals surface area contributed by atoms with E-state index in [4.69, 9.17) is 10.2 Å². The van der Waals surface area contributed by atoms with Crippen molar-refractivity contribution in [3.8, 4) is 6.07 Å². The number of nitriles is 1. The summed E-state index contributed by atoms with van der Waals surface area (Å²) < 4.78 is 0. The van der Waals surface area contributed by atoms with Crippen molar-refractivity contribution in [1.82, 2.24) is 9.97 Å². The van der Waals surface area contributed by atoms with Gasteiger partial charge in [0.2, 0.25) is 0 Å². The summed E-state index contributed by atoms with van der Waals surface area (Å²) in [6, 6.07) is 4.25. The van der Waals surface area contributed by atoms with Crippen LogP contribution in [0.25, 0.3) is 0 Å². The second kappa shape index (κ2) is 7.26. The summed E-state index contributed by atoms with van der Waals surface area (Å²) in [5.74, 6) is 2.52. The summed E-state index contributed by atoms with van der Waals surface area (Å²) in [5, 5.41) is 12.3. The maximum atomic E-state index is 9.03. The predicted molar refractivity (Wildman–Crippen MR) is 87.6 cm³/mol. The summed E-state index contributed by atoms with van der Waals surface area (Å²) in [5.41, 5.74) is -0.111. The lowest BCUT2D eigenvalue weighted by Crippen LogP contribution is -2.30. The summed E-state index contributed by atoms with van der Waals surface area (Å²) >= 11 is 0. The Morgan fingerprint density at radius 2 is 2.00 bits per heavy atom. The average Bonchev–Trinajstić information content (AvgIpc) is 2.43. The van der Waals surface area contributed by atoms with Crippen LogP contribution >= 0.6 is 0 Å². The minimum atomic E-state index is -0.111. The smallest absolute Gasteiger partial charge is 0.138 e. The Kier molecular flexibility index (Phi) is 5.95. The molecule has 0 amide bonds. The second-order valence-corrected chi connectivity index (χ2v) is 6.28. The van der Waals surface area contributed by atoms with E-state index in [0.29, 0.717) is 6.54 Å². The van der Waals surface area contributed by atoms with E-state index in [0.717, 1.165) is 30.5 Å². The fourth-order valence-corrected chi connectivity index (χ4v) is 1.96. The third-order valence-corrected chi connectivity index (χ3v) is 3.16. The predicted octanol–water partition coefficient (Wildman–Crippen LogP) is 3.19. The van der Waals surface area contributed by atoms with Gasteiger partial charge in [-0.2, -0.15) is 5.26 Å². The quantitative estimate of drug-likeness (QED) is 0.871. The highest BCUT2D eigenvalue weighted by molar-refractivity contribution is 5.50. The molecule has 116 valence electrons. The molecule has 0 bridgehead atoms. The topological polar surface area (TPSA) is 64.8 Å². The van der Waals surface area contributed by atoms with Gasteiger partial charge in [-0.15, -0.1) is 0 Å². The third-order valence-electron chi connectivity index (χ3n) is 3.16. The molecule has 0 fully saturated rings. The van der Waals surface area contributed by atoms with E-state index in [2.05, 4.69) is 49.0 Å². The van der Waals surface area contributed by atoms with Crippen molar-refractivity contribution >= 4 is 11.6 Å². The molecule has 5 heteroatoms. The number of aromatic nitrogens is 2. The first-order chi connectivity index (χ1) is 9.81. The molecule has 5 nitrogen and oxygen atoms in total. The maximum absolute atomic E-state index is 9.03. The largest absolute Gasteiger partial charge is 0.370 e. The Bertz CT molecular complexity index is 498. The van der Waals surface area contributed by atoms with Crippen molar-refractivity contribution in [2.75, 3.05) is 29.9 Å². The van der Waals surface area contributed by atoms with Gasteiger partial charge in [-0.1, -0.05) is 20.8 Å². The molecule has 1 heterocycles. The molecule has 21 heavy (non-hydrogen) atoms. The highest BCUT2D eigenvalue weighted by Crippen LogP contribution is 2.24. The molecular formula is C16H27N5. The van der Waals surface area contributed by atoms with Crippen LogP contribution < -0.4 is 10.2 Å². The lowest BCUT2D eigenvalue weighted by Gasteiger charge is -2.26. The average molecular weight is 289 g/mol. The van der Waals surface area contributed by atoms with Crippen LogP contribution in [0.1, 0.15) is 47.4 Å². The molecule has 1 aromatic rings. The minimum Gasteiger partial charge on any atom is -0.370 e. The SMILES string of the molecule is CCNc1cc(N(CC)CC(C)C#N)nc(C(C)(C)C)n1. The lowest BCUT2D eigenvalue weighted by atomic mass is 9.96. The monoisotopic (exact) mass is 289 g/mol. The highest BCUT2D eigenvalue weighted by Gasteiger charge is 2.21. The van der Waals surface area contributed by atoms with E-state index in [1.54, 1.807) is 0 Å². The normalized spacial score (nSPS) is 12.6. The highest BCUT2D eigenvalue weighted by atomic mass is 15.2. The molecule has 1 unspecified atom stereocenters. The standard InChI is InChI=1S/C16H27N5/c1-7-18-13-9-14(20-15(19-13)16(4,5)6)21(8-2)11-12(3)10-17/h9,12H,7-8,11H2,1-6H3,(H,18,19,20).